The molecule has 2 N–H and O–H groups in total. The molecule has 2 aromatic heterocycles. The van der Waals surface area contributed by atoms with Gasteiger partial charge in [0.2, 0.25) is 5.91 Å². The van der Waals surface area contributed by atoms with Crippen LogP contribution in [0.2, 0.25) is 0 Å². The summed E-state index contributed by atoms with van der Waals surface area (Å²) in [6.07, 6.45) is 3.18. The van der Waals surface area contributed by atoms with Crippen LogP contribution in [-0.4, -0.2) is 52.6 Å². The first-order valence-corrected chi connectivity index (χ1v) is 9.07. The van der Waals surface area contributed by atoms with E-state index in [-0.39, 0.29) is 12.1 Å². The molecule has 2 heterocycles. The molecule has 156 valence electrons. The van der Waals surface area contributed by atoms with Crippen LogP contribution in [0, 0.1) is 13.8 Å². The quantitative estimate of drug-likeness (QED) is 0.561. The van der Waals surface area contributed by atoms with E-state index in [0.717, 1.165) is 5.56 Å². The van der Waals surface area contributed by atoms with Crippen LogP contribution >= 0.6 is 0 Å². The van der Waals surface area contributed by atoms with Gasteiger partial charge < -0.3 is 20.1 Å². The minimum atomic E-state index is -0.717. The summed E-state index contributed by atoms with van der Waals surface area (Å²) in [6.45, 7) is 2.70. The summed E-state index contributed by atoms with van der Waals surface area (Å²) in [6, 6.07) is 7.03. The summed E-state index contributed by atoms with van der Waals surface area (Å²) < 4.78 is 11.7. The van der Waals surface area contributed by atoms with E-state index in [1.807, 2.05) is 13.0 Å². The van der Waals surface area contributed by atoms with E-state index in [1.165, 1.54) is 17.8 Å². The highest BCUT2D eigenvalue weighted by molar-refractivity contribution is 5.99. The van der Waals surface area contributed by atoms with Crippen LogP contribution in [0.3, 0.4) is 0 Å². The third-order valence-corrected chi connectivity index (χ3v) is 4.18. The molecule has 0 unspecified atom stereocenters. The van der Waals surface area contributed by atoms with Crippen molar-refractivity contribution in [1.29, 1.82) is 0 Å². The van der Waals surface area contributed by atoms with Crippen molar-refractivity contribution in [2.24, 2.45) is 0 Å². The standard InChI is InChI=1S/C20H21N5O5/c1-12-5-6-15(29-3)14(9-12)23-16(26)10-22-17(27)11-30-20(28)18-13(2)24-25-8-4-7-21-19(18)25/h4-9H,10-11H2,1-3H3,(H,22,27)(H,23,26). The van der Waals surface area contributed by atoms with Gasteiger partial charge in [-0.3, -0.25) is 9.59 Å². The molecular weight excluding hydrogens is 390 g/mol. The van der Waals surface area contributed by atoms with Crippen LogP contribution in [0.4, 0.5) is 5.69 Å². The molecule has 2 amide bonds. The second kappa shape index (κ2) is 9.03. The minimum absolute atomic E-state index is 0.188. The maximum Gasteiger partial charge on any atom is 0.344 e. The van der Waals surface area contributed by atoms with Gasteiger partial charge >= 0.3 is 5.97 Å². The minimum Gasteiger partial charge on any atom is -0.495 e. The lowest BCUT2D eigenvalue weighted by atomic mass is 10.2. The van der Waals surface area contributed by atoms with E-state index < -0.39 is 24.4 Å². The summed E-state index contributed by atoms with van der Waals surface area (Å²) >= 11 is 0. The highest BCUT2D eigenvalue weighted by atomic mass is 16.5. The first-order valence-electron chi connectivity index (χ1n) is 9.07. The number of carbonyl (C=O) groups is 3. The normalized spacial score (nSPS) is 10.5. The number of rotatable bonds is 7. The molecule has 0 spiro atoms. The molecule has 30 heavy (non-hydrogen) atoms. The van der Waals surface area contributed by atoms with Crippen LogP contribution in [0.1, 0.15) is 21.6 Å². The molecule has 0 saturated carbocycles. The van der Waals surface area contributed by atoms with Crippen molar-refractivity contribution in [3.05, 3.63) is 53.5 Å². The number of hydrogen-bond acceptors (Lipinski definition) is 7. The lowest BCUT2D eigenvalue weighted by molar-refractivity contribution is -0.126. The second-order valence-electron chi connectivity index (χ2n) is 6.45. The van der Waals surface area contributed by atoms with Crippen molar-refractivity contribution in [2.45, 2.75) is 13.8 Å². The number of aryl methyl sites for hydroxylation is 2. The third kappa shape index (κ3) is 4.72. The largest absolute Gasteiger partial charge is 0.495 e. The molecule has 0 radical (unpaired) electrons. The Morgan fingerprint density at radius 2 is 1.97 bits per heavy atom. The van der Waals surface area contributed by atoms with Crippen molar-refractivity contribution in [3.8, 4) is 5.75 Å². The first-order chi connectivity index (χ1) is 14.4. The number of anilines is 1. The van der Waals surface area contributed by atoms with Crippen molar-refractivity contribution in [2.75, 3.05) is 25.6 Å². The number of ether oxygens (including phenoxy) is 2. The fraction of sp³-hybridized carbons (Fsp3) is 0.250. The molecule has 0 atom stereocenters. The van der Waals surface area contributed by atoms with Crippen molar-refractivity contribution < 1.29 is 23.9 Å². The van der Waals surface area contributed by atoms with E-state index in [9.17, 15) is 14.4 Å². The third-order valence-electron chi connectivity index (χ3n) is 4.18. The van der Waals surface area contributed by atoms with E-state index in [1.54, 1.807) is 31.3 Å². The first kappa shape index (κ1) is 20.8. The van der Waals surface area contributed by atoms with Crippen LogP contribution in [0.5, 0.6) is 5.75 Å². The Morgan fingerprint density at radius 3 is 2.73 bits per heavy atom. The van der Waals surface area contributed by atoms with E-state index >= 15 is 0 Å². The van der Waals surface area contributed by atoms with Crippen LogP contribution in [0.15, 0.2) is 36.7 Å². The molecule has 1 aromatic carbocycles. The van der Waals surface area contributed by atoms with E-state index in [2.05, 4.69) is 20.7 Å². The number of benzene rings is 1. The van der Waals surface area contributed by atoms with Crippen LogP contribution in [-0.2, 0) is 14.3 Å². The fourth-order valence-electron chi connectivity index (χ4n) is 2.78. The van der Waals surface area contributed by atoms with Crippen molar-refractivity contribution in [1.82, 2.24) is 19.9 Å². The van der Waals surface area contributed by atoms with Crippen LogP contribution in [0.25, 0.3) is 5.65 Å². The zero-order chi connectivity index (χ0) is 21.7. The van der Waals surface area contributed by atoms with E-state index in [0.29, 0.717) is 22.8 Å². The average Bonchev–Trinajstić information content (AvgIpc) is 3.06. The smallest absolute Gasteiger partial charge is 0.344 e. The summed E-state index contributed by atoms with van der Waals surface area (Å²) in [5, 5.41) is 9.24. The summed E-state index contributed by atoms with van der Waals surface area (Å²) in [5.74, 6) is -1.27. The number of carbonyl (C=O) groups excluding carboxylic acids is 3. The van der Waals surface area contributed by atoms with Gasteiger partial charge in [0.25, 0.3) is 5.91 Å². The van der Waals surface area contributed by atoms with E-state index in [4.69, 9.17) is 9.47 Å². The molecule has 0 aliphatic rings. The lowest BCUT2D eigenvalue weighted by Gasteiger charge is -2.11. The number of hydrogen-bond donors (Lipinski definition) is 2. The van der Waals surface area contributed by atoms with Gasteiger partial charge in [0.05, 0.1) is 25.0 Å². The van der Waals surface area contributed by atoms with Gasteiger partial charge in [-0.25, -0.2) is 14.3 Å². The van der Waals surface area contributed by atoms with Gasteiger partial charge in [0, 0.05) is 12.4 Å². The predicted octanol–water partition coefficient (Wildman–Crippen LogP) is 1.27. The lowest BCUT2D eigenvalue weighted by Crippen LogP contribution is -2.35. The Balaban J connectivity index is 1.51. The number of nitrogens with one attached hydrogen (secondary N) is 2. The number of methoxy groups -OCH3 is 1. The van der Waals surface area contributed by atoms with Crippen molar-refractivity contribution >= 4 is 29.1 Å². The van der Waals surface area contributed by atoms with Crippen LogP contribution < -0.4 is 15.4 Å². The molecule has 10 nitrogen and oxygen atoms in total. The topological polar surface area (TPSA) is 124 Å². The maximum atomic E-state index is 12.3. The summed E-state index contributed by atoms with van der Waals surface area (Å²) in [7, 11) is 1.50. The molecule has 0 saturated heterocycles. The Morgan fingerprint density at radius 1 is 1.17 bits per heavy atom. The Hall–Kier alpha value is -3.95. The number of fused-ring (bicyclic) bond motifs is 1. The highest BCUT2D eigenvalue weighted by Gasteiger charge is 2.20. The summed E-state index contributed by atoms with van der Waals surface area (Å²) in [5.41, 5.74) is 2.41. The maximum absolute atomic E-state index is 12.3. The zero-order valence-corrected chi connectivity index (χ0v) is 16.8. The molecular formula is C20H21N5O5. The molecule has 3 rings (SSSR count). The van der Waals surface area contributed by atoms with Crippen molar-refractivity contribution in [3.63, 3.8) is 0 Å². The predicted molar refractivity (Wildman–Crippen MR) is 107 cm³/mol. The Labute approximate surface area is 172 Å². The molecule has 0 aliphatic carbocycles. The zero-order valence-electron chi connectivity index (χ0n) is 16.8. The SMILES string of the molecule is COc1ccc(C)cc1NC(=O)CNC(=O)COC(=O)c1c(C)nn2cccnc12. The molecule has 0 aliphatic heterocycles. The highest BCUT2D eigenvalue weighted by Crippen LogP contribution is 2.24. The molecule has 0 bridgehead atoms. The fourth-order valence-corrected chi connectivity index (χ4v) is 2.78. The van der Waals surface area contributed by atoms with Gasteiger partial charge in [-0.2, -0.15) is 5.10 Å². The number of aromatic nitrogens is 3. The summed E-state index contributed by atoms with van der Waals surface area (Å²) in [4.78, 5) is 40.5. The molecule has 3 aromatic rings. The van der Waals surface area contributed by atoms with Gasteiger partial charge in [-0.05, 0) is 37.6 Å². The molecule has 10 heteroatoms. The number of nitrogens with zero attached hydrogens (tertiary/aromatic N) is 3. The Bertz CT molecular complexity index is 1110. The Kier molecular flexibility index (Phi) is 6.26. The number of esters is 1. The molecule has 0 fully saturated rings. The number of amides is 2. The average molecular weight is 411 g/mol. The monoisotopic (exact) mass is 411 g/mol. The van der Waals surface area contributed by atoms with Gasteiger partial charge in [-0.15, -0.1) is 0 Å². The second-order valence-corrected chi connectivity index (χ2v) is 6.45. The van der Waals surface area contributed by atoms with Gasteiger partial charge in [0.15, 0.2) is 12.3 Å². The van der Waals surface area contributed by atoms with Gasteiger partial charge in [0.1, 0.15) is 11.3 Å². The van der Waals surface area contributed by atoms with Gasteiger partial charge in [-0.1, -0.05) is 6.07 Å².